The summed E-state index contributed by atoms with van der Waals surface area (Å²) in [7, 11) is -3.80. The van der Waals surface area contributed by atoms with Gasteiger partial charge in [-0.05, 0) is 34.1 Å². The van der Waals surface area contributed by atoms with Gasteiger partial charge in [-0.15, -0.1) is 0 Å². The van der Waals surface area contributed by atoms with Gasteiger partial charge in [-0.3, -0.25) is 9.82 Å². The first-order valence-electron chi connectivity index (χ1n) is 4.94. The summed E-state index contributed by atoms with van der Waals surface area (Å²) in [5.41, 5.74) is 0.120. The Morgan fingerprint density at radius 1 is 1.42 bits per heavy atom. The second kappa shape index (κ2) is 5.02. The van der Waals surface area contributed by atoms with Crippen molar-refractivity contribution in [2.24, 2.45) is 0 Å². The fourth-order valence-corrected chi connectivity index (χ4v) is 2.78. The van der Waals surface area contributed by atoms with Gasteiger partial charge in [0.15, 0.2) is 0 Å². The fourth-order valence-electron chi connectivity index (χ4n) is 1.33. The minimum Gasteiger partial charge on any atom is -0.478 e. The molecular formula is C10H8BrN3O4S. The molecule has 0 fully saturated rings. The zero-order valence-electron chi connectivity index (χ0n) is 9.29. The fraction of sp³-hybridized carbons (Fsp3) is 0. The molecule has 0 radical (unpaired) electrons. The number of halogens is 1. The van der Waals surface area contributed by atoms with Gasteiger partial charge in [0.2, 0.25) is 0 Å². The number of aromatic nitrogens is 2. The first kappa shape index (κ1) is 13.6. The lowest BCUT2D eigenvalue weighted by molar-refractivity contribution is 0.0697. The first-order valence-corrected chi connectivity index (χ1v) is 7.22. The number of anilines is 1. The Morgan fingerprint density at radius 2 is 2.16 bits per heavy atom. The molecule has 0 atom stereocenters. The van der Waals surface area contributed by atoms with Crippen molar-refractivity contribution in [1.29, 1.82) is 0 Å². The number of hydrogen-bond donors (Lipinski definition) is 3. The van der Waals surface area contributed by atoms with E-state index in [1.165, 1.54) is 24.4 Å². The number of carbonyl (C=O) groups is 1. The summed E-state index contributed by atoms with van der Waals surface area (Å²) in [4.78, 5) is 10.8. The molecule has 0 aliphatic carbocycles. The van der Waals surface area contributed by atoms with Crippen LogP contribution >= 0.6 is 15.9 Å². The van der Waals surface area contributed by atoms with Crippen molar-refractivity contribution in [3.8, 4) is 0 Å². The van der Waals surface area contributed by atoms with E-state index < -0.39 is 16.0 Å². The quantitative estimate of drug-likeness (QED) is 0.780. The monoisotopic (exact) mass is 345 g/mol. The highest BCUT2D eigenvalue weighted by molar-refractivity contribution is 9.10. The van der Waals surface area contributed by atoms with Crippen molar-refractivity contribution in [1.82, 2.24) is 10.2 Å². The number of aromatic amines is 1. The van der Waals surface area contributed by atoms with Crippen LogP contribution in [0.1, 0.15) is 10.4 Å². The Bertz CT molecular complexity index is 712. The predicted octanol–water partition coefficient (Wildman–Crippen LogP) is 1.67. The van der Waals surface area contributed by atoms with E-state index in [2.05, 4.69) is 30.8 Å². The maximum atomic E-state index is 12.0. The zero-order valence-corrected chi connectivity index (χ0v) is 11.7. The molecule has 1 aromatic heterocycles. The Morgan fingerprint density at radius 3 is 2.74 bits per heavy atom. The molecule has 0 unspecified atom stereocenters. The van der Waals surface area contributed by atoms with E-state index in [0.717, 1.165) is 6.20 Å². The standard InChI is InChI=1S/C10H8BrN3O4S/c11-8-2-1-6(10(15)16)3-9(8)14-19(17,18)7-4-12-13-5-7/h1-5,14H,(H,12,13)(H,15,16). The smallest absolute Gasteiger partial charge is 0.335 e. The summed E-state index contributed by atoms with van der Waals surface area (Å²) in [5, 5.41) is 14.8. The lowest BCUT2D eigenvalue weighted by atomic mass is 10.2. The Kier molecular flexibility index (Phi) is 3.58. The molecule has 0 bridgehead atoms. The van der Waals surface area contributed by atoms with E-state index in [9.17, 15) is 13.2 Å². The normalized spacial score (nSPS) is 11.2. The molecule has 7 nitrogen and oxygen atoms in total. The van der Waals surface area contributed by atoms with Crippen LogP contribution in [0.25, 0.3) is 0 Å². The minimum absolute atomic E-state index is 0.0203. The third kappa shape index (κ3) is 2.93. The van der Waals surface area contributed by atoms with E-state index in [1.54, 1.807) is 0 Å². The van der Waals surface area contributed by atoms with Crippen molar-refractivity contribution in [2.45, 2.75) is 4.90 Å². The van der Waals surface area contributed by atoms with Crippen molar-refractivity contribution >= 4 is 37.6 Å². The maximum Gasteiger partial charge on any atom is 0.335 e. The third-order valence-corrected chi connectivity index (χ3v) is 4.27. The Balaban J connectivity index is 2.39. The maximum absolute atomic E-state index is 12.0. The van der Waals surface area contributed by atoms with Crippen molar-refractivity contribution < 1.29 is 18.3 Å². The van der Waals surface area contributed by atoms with Gasteiger partial charge in [0.05, 0.1) is 17.4 Å². The molecule has 0 amide bonds. The highest BCUT2D eigenvalue weighted by Gasteiger charge is 2.17. The van der Waals surface area contributed by atoms with Crippen LogP contribution in [-0.4, -0.2) is 29.7 Å². The second-order valence-electron chi connectivity index (χ2n) is 3.54. The van der Waals surface area contributed by atoms with Crippen molar-refractivity contribution in [2.75, 3.05) is 4.72 Å². The summed E-state index contributed by atoms with van der Waals surface area (Å²) in [6, 6.07) is 4.04. The lowest BCUT2D eigenvalue weighted by Crippen LogP contribution is -2.13. The van der Waals surface area contributed by atoms with E-state index in [-0.39, 0.29) is 16.1 Å². The molecule has 9 heteroatoms. The number of nitrogens with zero attached hydrogens (tertiary/aromatic N) is 1. The van der Waals surface area contributed by atoms with Crippen LogP contribution in [0.2, 0.25) is 0 Å². The number of carboxylic acid groups (broad SMARTS) is 1. The van der Waals surface area contributed by atoms with Crippen molar-refractivity contribution in [3.63, 3.8) is 0 Å². The SMILES string of the molecule is O=C(O)c1ccc(Br)c(NS(=O)(=O)c2cn[nH]c2)c1. The molecule has 1 aromatic carbocycles. The number of benzene rings is 1. The predicted molar refractivity (Wildman–Crippen MR) is 70.5 cm³/mol. The van der Waals surface area contributed by atoms with Gasteiger partial charge < -0.3 is 5.11 Å². The molecule has 1 heterocycles. The van der Waals surface area contributed by atoms with Gasteiger partial charge in [0, 0.05) is 10.7 Å². The first-order chi connectivity index (χ1) is 8.90. The number of sulfonamides is 1. The van der Waals surface area contributed by atoms with Gasteiger partial charge in [-0.2, -0.15) is 5.10 Å². The average Bonchev–Trinajstić information content (AvgIpc) is 2.85. The number of carboxylic acids is 1. The lowest BCUT2D eigenvalue weighted by Gasteiger charge is -2.09. The largest absolute Gasteiger partial charge is 0.478 e. The number of aromatic carboxylic acids is 1. The van der Waals surface area contributed by atoms with Crippen LogP contribution in [-0.2, 0) is 10.0 Å². The van der Waals surface area contributed by atoms with Crippen LogP contribution in [0.3, 0.4) is 0 Å². The van der Waals surface area contributed by atoms with Crippen LogP contribution in [0, 0.1) is 0 Å². The van der Waals surface area contributed by atoms with Crippen LogP contribution < -0.4 is 4.72 Å². The molecule has 2 aromatic rings. The highest BCUT2D eigenvalue weighted by atomic mass is 79.9. The summed E-state index contributed by atoms with van der Waals surface area (Å²) in [6.45, 7) is 0. The van der Waals surface area contributed by atoms with Crippen LogP contribution in [0.5, 0.6) is 0 Å². The van der Waals surface area contributed by atoms with E-state index in [0.29, 0.717) is 4.47 Å². The molecule has 0 saturated carbocycles. The Hall–Kier alpha value is -1.87. The second-order valence-corrected chi connectivity index (χ2v) is 6.08. The van der Waals surface area contributed by atoms with Gasteiger partial charge in [0.25, 0.3) is 10.0 Å². The molecule has 3 N–H and O–H groups in total. The van der Waals surface area contributed by atoms with Crippen LogP contribution in [0.4, 0.5) is 5.69 Å². The molecule has 0 aliphatic rings. The molecule has 19 heavy (non-hydrogen) atoms. The summed E-state index contributed by atoms with van der Waals surface area (Å²) in [6.07, 6.45) is 2.37. The molecule has 0 aliphatic heterocycles. The van der Waals surface area contributed by atoms with E-state index >= 15 is 0 Å². The Labute approximate surface area is 116 Å². The molecule has 100 valence electrons. The molecule has 0 spiro atoms. The highest BCUT2D eigenvalue weighted by Crippen LogP contribution is 2.26. The molecule has 2 rings (SSSR count). The van der Waals surface area contributed by atoms with Gasteiger partial charge in [-0.1, -0.05) is 0 Å². The van der Waals surface area contributed by atoms with Gasteiger partial charge >= 0.3 is 5.97 Å². The minimum atomic E-state index is -3.80. The number of rotatable bonds is 4. The summed E-state index contributed by atoms with van der Waals surface area (Å²) >= 11 is 3.15. The van der Waals surface area contributed by atoms with Gasteiger partial charge in [0.1, 0.15) is 4.90 Å². The number of nitrogens with one attached hydrogen (secondary N) is 2. The van der Waals surface area contributed by atoms with E-state index in [4.69, 9.17) is 5.11 Å². The summed E-state index contributed by atoms with van der Waals surface area (Å²) in [5.74, 6) is -1.14. The third-order valence-electron chi connectivity index (χ3n) is 2.24. The number of H-pyrrole nitrogens is 1. The average molecular weight is 346 g/mol. The van der Waals surface area contributed by atoms with Gasteiger partial charge in [-0.25, -0.2) is 13.2 Å². The van der Waals surface area contributed by atoms with E-state index in [1.807, 2.05) is 0 Å². The zero-order chi connectivity index (χ0) is 14.0. The summed E-state index contributed by atoms with van der Waals surface area (Å²) < 4.78 is 26.6. The molecule has 0 saturated heterocycles. The van der Waals surface area contributed by atoms with Crippen molar-refractivity contribution in [3.05, 3.63) is 40.6 Å². The number of hydrogen-bond acceptors (Lipinski definition) is 4. The topological polar surface area (TPSA) is 112 Å². The van der Waals surface area contributed by atoms with Crippen LogP contribution in [0.15, 0.2) is 40.0 Å². The molecular weight excluding hydrogens is 338 g/mol.